The highest BCUT2D eigenvalue weighted by molar-refractivity contribution is 5.78. The summed E-state index contributed by atoms with van der Waals surface area (Å²) in [6.07, 6.45) is 7.25. The maximum absolute atomic E-state index is 4.61. The van der Waals surface area contributed by atoms with E-state index in [1.165, 1.54) is 0 Å². The van der Waals surface area contributed by atoms with Crippen LogP contribution in [-0.2, 0) is 7.05 Å². The van der Waals surface area contributed by atoms with Crippen LogP contribution in [0.5, 0.6) is 0 Å². The van der Waals surface area contributed by atoms with E-state index < -0.39 is 0 Å². The summed E-state index contributed by atoms with van der Waals surface area (Å²) in [7, 11) is 1.97. The highest BCUT2D eigenvalue weighted by Crippen LogP contribution is 2.28. The molecule has 4 aromatic rings. The molecule has 148 valence electrons. The van der Waals surface area contributed by atoms with Gasteiger partial charge in [-0.3, -0.25) is 0 Å². The zero-order valence-corrected chi connectivity index (χ0v) is 17.2. The van der Waals surface area contributed by atoms with Gasteiger partial charge >= 0.3 is 0 Å². The van der Waals surface area contributed by atoms with Crippen molar-refractivity contribution in [3.8, 4) is 16.8 Å². The van der Waals surface area contributed by atoms with Crippen LogP contribution in [0.4, 0.5) is 0 Å². The first kappa shape index (κ1) is 19.3. The Hall–Kier alpha value is -3.99. The van der Waals surface area contributed by atoms with E-state index in [0.29, 0.717) is 0 Å². The van der Waals surface area contributed by atoms with Gasteiger partial charge in [0.1, 0.15) is 11.0 Å². The third-order valence-electron chi connectivity index (χ3n) is 5.14. The number of benzene rings is 2. The Morgan fingerprint density at radius 1 is 1.03 bits per heavy atom. The fourth-order valence-corrected chi connectivity index (χ4v) is 3.40. The molecule has 0 saturated carbocycles. The maximum atomic E-state index is 4.61. The number of aromatic nitrogens is 4. The normalized spacial score (nSPS) is 11.5. The molecule has 0 N–H and O–H groups in total. The number of rotatable bonds is 5. The summed E-state index contributed by atoms with van der Waals surface area (Å²) in [5.41, 5.74) is 7.92. The lowest BCUT2D eigenvalue weighted by molar-refractivity contribution is 0.819. The van der Waals surface area contributed by atoms with Crippen molar-refractivity contribution in [2.75, 3.05) is 0 Å². The minimum atomic E-state index is 0.838. The van der Waals surface area contributed by atoms with Crippen LogP contribution in [0.1, 0.15) is 5.56 Å². The summed E-state index contributed by atoms with van der Waals surface area (Å²) in [5.74, 6) is 0. The molecule has 0 fully saturated rings. The number of aryl methyl sites for hydroxylation is 1. The van der Waals surface area contributed by atoms with E-state index >= 15 is 0 Å². The lowest BCUT2D eigenvalue weighted by Crippen LogP contribution is -2.16. The second kappa shape index (κ2) is 8.17. The van der Waals surface area contributed by atoms with Crippen LogP contribution in [0.3, 0.4) is 0 Å². The lowest BCUT2D eigenvalue weighted by atomic mass is 10.00. The highest BCUT2D eigenvalue weighted by atomic mass is 15.4. The first-order valence-corrected chi connectivity index (χ1v) is 9.68. The molecule has 0 aliphatic rings. The summed E-state index contributed by atoms with van der Waals surface area (Å²) in [6, 6.07) is 18.4. The zero-order chi connectivity index (χ0) is 21.1. The van der Waals surface area contributed by atoms with E-state index in [2.05, 4.69) is 59.7 Å². The smallest absolute Gasteiger partial charge is 0.132 e. The molecule has 0 aliphatic carbocycles. The second-order valence-electron chi connectivity index (χ2n) is 6.99. The van der Waals surface area contributed by atoms with E-state index in [0.717, 1.165) is 44.5 Å². The van der Waals surface area contributed by atoms with Crippen LogP contribution in [0.15, 0.2) is 103 Å². The van der Waals surface area contributed by atoms with Gasteiger partial charge in [0.2, 0.25) is 0 Å². The topological polar surface area (TPSA) is 48.0 Å². The molecule has 0 saturated heterocycles. The van der Waals surface area contributed by atoms with Crippen LogP contribution in [0.25, 0.3) is 27.8 Å². The predicted molar refractivity (Wildman–Crippen MR) is 122 cm³/mol. The molecule has 2 aromatic carbocycles. The fourth-order valence-electron chi connectivity index (χ4n) is 3.40. The number of para-hydroxylation sites is 1. The van der Waals surface area contributed by atoms with Crippen molar-refractivity contribution >= 4 is 11.0 Å². The molecule has 0 aliphatic heterocycles. The first-order valence-electron chi connectivity index (χ1n) is 9.68. The standard InChI is InChI=1S/C25H23N5/c1-5-19(6-2)17-26-25-16-20(14-15-29(25)4)21-10-9-13-23(18(21)3)30-24-12-8-7-11-22(24)27-28-30/h5-17H,1-2H2,3-4H3/b26-25-. The van der Waals surface area contributed by atoms with E-state index in [1.54, 1.807) is 18.4 Å². The van der Waals surface area contributed by atoms with Crippen molar-refractivity contribution in [3.63, 3.8) is 0 Å². The Labute approximate surface area is 175 Å². The molecule has 5 heteroatoms. The minimum Gasteiger partial charge on any atom is -0.336 e. The third-order valence-corrected chi connectivity index (χ3v) is 5.14. The molecule has 0 unspecified atom stereocenters. The molecule has 2 heterocycles. The molecule has 30 heavy (non-hydrogen) atoms. The van der Waals surface area contributed by atoms with Gasteiger partial charge in [-0.05, 0) is 59.5 Å². The Balaban J connectivity index is 1.85. The van der Waals surface area contributed by atoms with Crippen LogP contribution in [0.2, 0.25) is 0 Å². The van der Waals surface area contributed by atoms with Crippen molar-refractivity contribution in [1.29, 1.82) is 0 Å². The Kier molecular flexibility index (Phi) is 5.26. The summed E-state index contributed by atoms with van der Waals surface area (Å²) in [6.45, 7) is 9.67. The molecule has 0 bridgehead atoms. The minimum absolute atomic E-state index is 0.838. The van der Waals surface area contributed by atoms with Crippen molar-refractivity contribution in [2.24, 2.45) is 12.0 Å². The van der Waals surface area contributed by atoms with Crippen LogP contribution in [0, 0.1) is 6.92 Å². The SMILES string of the molecule is C=CC(C=C)=C/N=c1/cc(-c2cccc(-n3nnc4ccccc43)c2C)ccn1C. The molecular formula is C25H23N5. The largest absolute Gasteiger partial charge is 0.336 e. The Bertz CT molecular complexity index is 1340. The third kappa shape index (κ3) is 3.53. The summed E-state index contributed by atoms with van der Waals surface area (Å²) < 4.78 is 3.87. The van der Waals surface area contributed by atoms with Crippen molar-refractivity contribution in [3.05, 3.63) is 109 Å². The van der Waals surface area contributed by atoms with Crippen LogP contribution >= 0.6 is 0 Å². The van der Waals surface area contributed by atoms with Gasteiger partial charge in [-0.25, -0.2) is 9.67 Å². The number of nitrogens with zero attached hydrogens (tertiary/aromatic N) is 5. The molecule has 0 atom stereocenters. The molecule has 0 radical (unpaired) electrons. The Morgan fingerprint density at radius 3 is 2.63 bits per heavy atom. The van der Waals surface area contributed by atoms with Gasteiger partial charge in [0.15, 0.2) is 0 Å². The molecule has 2 aromatic heterocycles. The van der Waals surface area contributed by atoms with Gasteiger partial charge in [0.25, 0.3) is 0 Å². The number of hydrogen-bond donors (Lipinski definition) is 0. The Morgan fingerprint density at radius 2 is 1.83 bits per heavy atom. The van der Waals surface area contributed by atoms with Gasteiger partial charge in [-0.15, -0.1) is 5.10 Å². The fraction of sp³-hybridized carbons (Fsp3) is 0.0800. The van der Waals surface area contributed by atoms with Crippen molar-refractivity contribution in [2.45, 2.75) is 6.92 Å². The number of hydrogen-bond acceptors (Lipinski definition) is 3. The zero-order valence-electron chi connectivity index (χ0n) is 17.2. The molecule has 5 nitrogen and oxygen atoms in total. The van der Waals surface area contributed by atoms with Crippen LogP contribution < -0.4 is 5.49 Å². The monoisotopic (exact) mass is 393 g/mol. The van der Waals surface area contributed by atoms with Crippen molar-refractivity contribution < 1.29 is 0 Å². The van der Waals surface area contributed by atoms with E-state index in [4.69, 9.17) is 0 Å². The van der Waals surface area contributed by atoms with E-state index in [-0.39, 0.29) is 0 Å². The molecule has 0 spiro atoms. The van der Waals surface area contributed by atoms with E-state index in [1.807, 2.05) is 52.8 Å². The van der Waals surface area contributed by atoms with Crippen molar-refractivity contribution in [1.82, 2.24) is 19.6 Å². The number of fused-ring (bicyclic) bond motifs is 1. The first-order chi connectivity index (χ1) is 14.6. The second-order valence-corrected chi connectivity index (χ2v) is 6.99. The number of pyridine rings is 1. The van der Waals surface area contributed by atoms with Gasteiger partial charge in [0, 0.05) is 19.4 Å². The van der Waals surface area contributed by atoms with Crippen LogP contribution in [-0.4, -0.2) is 19.6 Å². The van der Waals surface area contributed by atoms with Gasteiger partial charge in [0.05, 0.1) is 11.2 Å². The lowest BCUT2D eigenvalue weighted by Gasteiger charge is -2.12. The summed E-state index contributed by atoms with van der Waals surface area (Å²) in [5, 5.41) is 8.67. The maximum Gasteiger partial charge on any atom is 0.132 e. The average molecular weight is 393 g/mol. The quantitative estimate of drug-likeness (QED) is 0.453. The molecule has 4 rings (SSSR count). The predicted octanol–water partition coefficient (Wildman–Crippen LogP) is 4.89. The average Bonchev–Trinajstić information content (AvgIpc) is 3.20. The van der Waals surface area contributed by atoms with Gasteiger partial charge < -0.3 is 4.57 Å². The summed E-state index contributed by atoms with van der Waals surface area (Å²) in [4.78, 5) is 4.61. The van der Waals surface area contributed by atoms with E-state index in [9.17, 15) is 0 Å². The summed E-state index contributed by atoms with van der Waals surface area (Å²) >= 11 is 0. The molecular weight excluding hydrogens is 370 g/mol. The molecule has 0 amide bonds. The number of allylic oxidation sites excluding steroid dienone is 3. The highest BCUT2D eigenvalue weighted by Gasteiger charge is 2.12. The van der Waals surface area contributed by atoms with Gasteiger partial charge in [-0.1, -0.05) is 54.8 Å². The van der Waals surface area contributed by atoms with Gasteiger partial charge in [-0.2, -0.15) is 0 Å².